The summed E-state index contributed by atoms with van der Waals surface area (Å²) in [6.45, 7) is 10.4. The highest BCUT2D eigenvalue weighted by atomic mass is 19.1. The highest BCUT2D eigenvalue weighted by Gasteiger charge is 2.30. The molecule has 4 rings (SSSR count). The van der Waals surface area contributed by atoms with E-state index in [0.29, 0.717) is 35.6 Å². The molecule has 0 unspecified atom stereocenters. The molecule has 1 aromatic heterocycles. The molecule has 5 nitrogen and oxygen atoms in total. The molecule has 1 amide bonds. The third kappa shape index (κ3) is 3.45. The molecule has 1 aromatic carbocycles. The van der Waals surface area contributed by atoms with Gasteiger partial charge in [-0.1, -0.05) is 13.5 Å². The molecule has 0 aliphatic carbocycles. The highest BCUT2D eigenvalue weighted by molar-refractivity contribution is 5.96. The number of carbonyl (C=O) groups is 1. The Balaban J connectivity index is 1.62. The van der Waals surface area contributed by atoms with Crippen LogP contribution in [-0.2, 0) is 11.2 Å². The molecule has 1 N–H and O–H groups in total. The molecule has 0 spiro atoms. The topological polar surface area (TPSA) is 52.2 Å². The quantitative estimate of drug-likeness (QED) is 0.829. The van der Waals surface area contributed by atoms with Gasteiger partial charge in [0.2, 0.25) is 5.91 Å². The summed E-state index contributed by atoms with van der Waals surface area (Å²) >= 11 is 0. The second-order valence-corrected chi connectivity index (χ2v) is 8.43. The molecule has 1 atom stereocenters. The van der Waals surface area contributed by atoms with Gasteiger partial charge >= 0.3 is 0 Å². The Morgan fingerprint density at radius 2 is 2.03 bits per heavy atom. The molecule has 2 aromatic rings. The summed E-state index contributed by atoms with van der Waals surface area (Å²) in [5.74, 6) is 0.611. The maximum Gasteiger partial charge on any atom is 0.227 e. The predicted molar refractivity (Wildman–Crippen MR) is 113 cm³/mol. The summed E-state index contributed by atoms with van der Waals surface area (Å²) in [4.78, 5) is 15.8. The monoisotopic (exact) mass is 396 g/mol. The predicted octanol–water partition coefficient (Wildman–Crippen LogP) is 4.47. The summed E-state index contributed by atoms with van der Waals surface area (Å²) in [5.41, 5.74) is 4.79. The lowest BCUT2D eigenvalue weighted by Crippen LogP contribution is -2.33. The van der Waals surface area contributed by atoms with Gasteiger partial charge in [0.1, 0.15) is 5.82 Å². The number of aromatic nitrogens is 2. The van der Waals surface area contributed by atoms with Crippen molar-refractivity contribution in [2.45, 2.75) is 45.4 Å². The van der Waals surface area contributed by atoms with Crippen LogP contribution in [-0.4, -0.2) is 41.1 Å². The van der Waals surface area contributed by atoms with E-state index in [4.69, 9.17) is 0 Å². The minimum atomic E-state index is -0.239. The van der Waals surface area contributed by atoms with E-state index in [1.807, 2.05) is 12.3 Å². The van der Waals surface area contributed by atoms with E-state index in [9.17, 15) is 4.79 Å². The maximum absolute atomic E-state index is 15.4. The zero-order valence-corrected chi connectivity index (χ0v) is 17.5. The van der Waals surface area contributed by atoms with Crippen LogP contribution < -0.4 is 4.90 Å². The van der Waals surface area contributed by atoms with Gasteiger partial charge in [-0.25, -0.2) is 4.39 Å². The molecule has 0 saturated carbocycles. The van der Waals surface area contributed by atoms with E-state index < -0.39 is 0 Å². The standard InChI is InChI=1S/C23H29FN4O/c1-14(2)28-11-9-16(10-12-28)15(3)19-13-25-26-23(19)18-5-7-20-17(22(18)24)6-8-21(29)27(20)4/h5,7,13,15-16H,1,6,8-12H2,2-4H3,(H,25,26)/t15-/m0/s1. The van der Waals surface area contributed by atoms with Crippen molar-refractivity contribution in [1.29, 1.82) is 0 Å². The van der Waals surface area contributed by atoms with Crippen molar-refractivity contribution in [2.75, 3.05) is 25.0 Å². The third-order valence-corrected chi connectivity index (χ3v) is 6.76. The van der Waals surface area contributed by atoms with Gasteiger partial charge in [0, 0.05) is 54.6 Å². The number of piperidine rings is 1. The van der Waals surface area contributed by atoms with Gasteiger partial charge in [0.05, 0.1) is 11.9 Å². The first kappa shape index (κ1) is 19.7. The van der Waals surface area contributed by atoms with E-state index in [-0.39, 0.29) is 17.6 Å². The number of carbonyl (C=O) groups excluding carboxylic acids is 1. The Morgan fingerprint density at radius 3 is 2.72 bits per heavy atom. The summed E-state index contributed by atoms with van der Waals surface area (Å²) in [6.07, 6.45) is 4.82. The van der Waals surface area contributed by atoms with Crippen LogP contribution in [0.1, 0.15) is 50.2 Å². The Bertz CT molecular complexity index is 942. The fraction of sp³-hybridized carbons (Fsp3) is 0.478. The van der Waals surface area contributed by atoms with Crippen molar-refractivity contribution in [3.8, 4) is 11.3 Å². The number of allylic oxidation sites excluding steroid dienone is 1. The number of hydrogen-bond donors (Lipinski definition) is 1. The molecule has 29 heavy (non-hydrogen) atoms. The Kier molecular flexibility index (Phi) is 5.19. The molecule has 0 bridgehead atoms. The molecule has 2 aliphatic heterocycles. The lowest BCUT2D eigenvalue weighted by Gasteiger charge is -2.36. The van der Waals surface area contributed by atoms with Gasteiger partial charge in [0.15, 0.2) is 0 Å². The van der Waals surface area contributed by atoms with Crippen LogP contribution in [0.5, 0.6) is 0 Å². The molecule has 2 aliphatic rings. The second kappa shape index (κ2) is 7.65. The van der Waals surface area contributed by atoms with Gasteiger partial charge in [-0.2, -0.15) is 5.10 Å². The van der Waals surface area contributed by atoms with Crippen molar-refractivity contribution in [3.63, 3.8) is 0 Å². The first-order chi connectivity index (χ1) is 13.9. The first-order valence-corrected chi connectivity index (χ1v) is 10.4. The number of benzene rings is 1. The number of nitrogens with zero attached hydrogens (tertiary/aromatic N) is 3. The van der Waals surface area contributed by atoms with Crippen molar-refractivity contribution in [1.82, 2.24) is 15.1 Å². The zero-order chi connectivity index (χ0) is 20.7. The van der Waals surface area contributed by atoms with Crippen LogP contribution >= 0.6 is 0 Å². The second-order valence-electron chi connectivity index (χ2n) is 8.43. The van der Waals surface area contributed by atoms with Crippen molar-refractivity contribution >= 4 is 11.6 Å². The van der Waals surface area contributed by atoms with Crippen LogP contribution in [0.2, 0.25) is 0 Å². The summed E-state index contributed by atoms with van der Waals surface area (Å²) in [7, 11) is 1.71. The number of rotatable bonds is 4. The van der Waals surface area contributed by atoms with Crippen molar-refractivity contribution in [3.05, 3.63) is 47.5 Å². The zero-order valence-electron chi connectivity index (χ0n) is 17.5. The number of likely N-dealkylation sites (tertiary alicyclic amines) is 1. The van der Waals surface area contributed by atoms with E-state index in [0.717, 1.165) is 42.9 Å². The average Bonchev–Trinajstić information content (AvgIpc) is 3.20. The van der Waals surface area contributed by atoms with E-state index >= 15 is 4.39 Å². The SMILES string of the molecule is C=C(C)N1CCC([C@H](C)c2cn[nH]c2-c2ccc3c(c2F)CCC(=O)N3C)CC1. The first-order valence-electron chi connectivity index (χ1n) is 10.4. The number of halogens is 1. The van der Waals surface area contributed by atoms with Crippen LogP contribution in [0, 0.1) is 11.7 Å². The van der Waals surface area contributed by atoms with Crippen LogP contribution in [0.3, 0.4) is 0 Å². The number of aromatic amines is 1. The number of fused-ring (bicyclic) bond motifs is 1. The molecule has 6 heteroatoms. The molecule has 3 heterocycles. The normalized spacial score (nSPS) is 18.7. The average molecular weight is 397 g/mol. The number of anilines is 1. The van der Waals surface area contributed by atoms with E-state index in [2.05, 4.69) is 35.5 Å². The van der Waals surface area contributed by atoms with Gasteiger partial charge < -0.3 is 9.80 Å². The molecule has 0 radical (unpaired) electrons. The third-order valence-electron chi connectivity index (χ3n) is 6.76. The number of amides is 1. The summed E-state index contributed by atoms with van der Waals surface area (Å²) < 4.78 is 15.4. The molecule has 154 valence electrons. The smallest absolute Gasteiger partial charge is 0.227 e. The highest BCUT2D eigenvalue weighted by Crippen LogP contribution is 2.40. The van der Waals surface area contributed by atoms with Gasteiger partial charge in [0.25, 0.3) is 0 Å². The van der Waals surface area contributed by atoms with Crippen molar-refractivity contribution < 1.29 is 9.18 Å². The Labute approximate surface area is 171 Å². The van der Waals surface area contributed by atoms with Crippen LogP contribution in [0.4, 0.5) is 10.1 Å². The minimum Gasteiger partial charge on any atom is -0.376 e. The lowest BCUT2D eigenvalue weighted by molar-refractivity contribution is -0.118. The molecular formula is C23H29FN4O. The largest absolute Gasteiger partial charge is 0.376 e. The van der Waals surface area contributed by atoms with Gasteiger partial charge in [-0.15, -0.1) is 0 Å². The molecule has 1 saturated heterocycles. The molecular weight excluding hydrogens is 367 g/mol. The Hall–Kier alpha value is -2.63. The summed E-state index contributed by atoms with van der Waals surface area (Å²) in [5, 5.41) is 7.30. The van der Waals surface area contributed by atoms with E-state index in [1.54, 1.807) is 18.0 Å². The Morgan fingerprint density at radius 1 is 1.31 bits per heavy atom. The van der Waals surface area contributed by atoms with E-state index in [1.165, 1.54) is 0 Å². The van der Waals surface area contributed by atoms with Gasteiger partial charge in [-0.3, -0.25) is 9.89 Å². The fourth-order valence-electron chi connectivity index (χ4n) is 4.78. The van der Waals surface area contributed by atoms with Crippen LogP contribution in [0.15, 0.2) is 30.6 Å². The van der Waals surface area contributed by atoms with Crippen LogP contribution in [0.25, 0.3) is 11.3 Å². The number of hydrogen-bond acceptors (Lipinski definition) is 3. The number of H-pyrrole nitrogens is 1. The van der Waals surface area contributed by atoms with Crippen molar-refractivity contribution in [2.24, 2.45) is 5.92 Å². The van der Waals surface area contributed by atoms with Gasteiger partial charge in [-0.05, 0) is 50.2 Å². The number of nitrogens with one attached hydrogen (secondary N) is 1. The lowest BCUT2D eigenvalue weighted by atomic mass is 9.80. The fourth-order valence-corrected chi connectivity index (χ4v) is 4.78. The minimum absolute atomic E-state index is 0.0293. The summed E-state index contributed by atoms with van der Waals surface area (Å²) in [6, 6.07) is 3.63. The molecule has 1 fully saturated rings. The maximum atomic E-state index is 15.4.